The zero-order valence-electron chi connectivity index (χ0n) is 11.4. The lowest BCUT2D eigenvalue weighted by Crippen LogP contribution is -2.41. The Labute approximate surface area is 113 Å². The molecule has 0 saturated carbocycles. The first-order valence-electron chi connectivity index (χ1n) is 5.92. The van der Waals surface area contributed by atoms with Gasteiger partial charge in [-0.15, -0.1) is 0 Å². The number of amides is 2. The highest BCUT2D eigenvalue weighted by Crippen LogP contribution is 2.19. The Morgan fingerprint density at radius 2 is 2.17 bits per heavy atom. The van der Waals surface area contributed by atoms with Gasteiger partial charge in [-0.25, -0.2) is 4.79 Å². The van der Waals surface area contributed by atoms with Crippen molar-refractivity contribution in [3.8, 4) is 0 Å². The minimum Gasteiger partial charge on any atom is -0.337 e. The van der Waals surface area contributed by atoms with Gasteiger partial charge in [0.25, 0.3) is 0 Å². The molecule has 18 heavy (non-hydrogen) atoms. The molecule has 0 aliphatic heterocycles. The van der Waals surface area contributed by atoms with Crippen LogP contribution in [0.25, 0.3) is 0 Å². The quantitative estimate of drug-likeness (QED) is 0.861. The normalized spacial score (nSPS) is 11.1. The van der Waals surface area contributed by atoms with Gasteiger partial charge < -0.3 is 10.6 Å². The van der Waals surface area contributed by atoms with Gasteiger partial charge in [0.1, 0.15) is 0 Å². The fraction of sp³-hybridized carbons (Fsp3) is 0.538. The molecule has 0 bridgehead atoms. The van der Waals surface area contributed by atoms with Crippen LogP contribution in [0.5, 0.6) is 0 Å². The molecule has 4 nitrogen and oxygen atoms in total. The van der Waals surface area contributed by atoms with Crippen molar-refractivity contribution in [2.45, 2.75) is 32.1 Å². The highest BCUT2D eigenvalue weighted by atomic mass is 32.2. The van der Waals surface area contributed by atoms with Crippen LogP contribution < -0.4 is 10.6 Å². The number of aromatic nitrogens is 1. The minimum absolute atomic E-state index is 0.0538. The Bertz CT molecular complexity index is 407. The van der Waals surface area contributed by atoms with Crippen molar-refractivity contribution in [3.05, 3.63) is 29.6 Å². The van der Waals surface area contributed by atoms with Crippen LogP contribution >= 0.6 is 11.8 Å². The number of rotatable bonds is 5. The van der Waals surface area contributed by atoms with E-state index >= 15 is 0 Å². The number of carbonyl (C=O) groups excluding carboxylic acids is 1. The predicted octanol–water partition coefficient (Wildman–Crippen LogP) is 2.33. The second-order valence-electron chi connectivity index (χ2n) is 4.77. The molecule has 0 atom stereocenters. The summed E-state index contributed by atoms with van der Waals surface area (Å²) in [5, 5.41) is 5.68. The number of hydrogen-bond donors (Lipinski definition) is 2. The van der Waals surface area contributed by atoms with Crippen molar-refractivity contribution in [2.75, 3.05) is 12.8 Å². The van der Waals surface area contributed by atoms with Crippen molar-refractivity contribution in [1.82, 2.24) is 15.6 Å². The van der Waals surface area contributed by atoms with E-state index in [1.807, 2.05) is 25.3 Å². The molecule has 0 aliphatic carbocycles. The molecular weight excluding hydrogens is 246 g/mol. The van der Waals surface area contributed by atoms with E-state index in [2.05, 4.69) is 29.5 Å². The zero-order chi connectivity index (χ0) is 13.6. The SMILES string of the molecule is CSC(C)(C)CNC(=O)NCc1ncccc1C. The van der Waals surface area contributed by atoms with Crippen LogP contribution in [-0.4, -0.2) is 28.6 Å². The van der Waals surface area contributed by atoms with Crippen LogP contribution in [0, 0.1) is 6.92 Å². The van der Waals surface area contributed by atoms with Gasteiger partial charge in [-0.1, -0.05) is 6.07 Å². The Hall–Kier alpha value is -1.23. The predicted molar refractivity (Wildman–Crippen MR) is 76.8 cm³/mol. The van der Waals surface area contributed by atoms with Crippen molar-refractivity contribution in [2.24, 2.45) is 0 Å². The monoisotopic (exact) mass is 267 g/mol. The largest absolute Gasteiger partial charge is 0.337 e. The molecule has 0 spiro atoms. The molecule has 0 fully saturated rings. The second-order valence-corrected chi connectivity index (χ2v) is 6.28. The fourth-order valence-corrected chi connectivity index (χ4v) is 1.51. The number of nitrogens with one attached hydrogen (secondary N) is 2. The standard InChI is InChI=1S/C13H21N3OS/c1-10-6-5-7-14-11(10)8-15-12(17)16-9-13(2,3)18-4/h5-7H,8-9H2,1-4H3,(H2,15,16,17). The van der Waals surface area contributed by atoms with Crippen LogP contribution in [0.3, 0.4) is 0 Å². The van der Waals surface area contributed by atoms with E-state index in [0.717, 1.165) is 11.3 Å². The Balaban J connectivity index is 2.36. The highest BCUT2D eigenvalue weighted by molar-refractivity contribution is 7.99. The van der Waals surface area contributed by atoms with Crippen molar-refractivity contribution in [1.29, 1.82) is 0 Å². The lowest BCUT2D eigenvalue weighted by atomic mass is 10.2. The van der Waals surface area contributed by atoms with E-state index in [4.69, 9.17) is 0 Å². The second kappa shape index (κ2) is 6.64. The summed E-state index contributed by atoms with van der Waals surface area (Å²) in [6.07, 6.45) is 3.77. The lowest BCUT2D eigenvalue weighted by Gasteiger charge is -2.22. The van der Waals surface area contributed by atoms with E-state index in [9.17, 15) is 4.79 Å². The summed E-state index contributed by atoms with van der Waals surface area (Å²) in [5.74, 6) is 0. The van der Waals surface area contributed by atoms with Crippen LogP contribution in [0.4, 0.5) is 4.79 Å². The molecule has 0 saturated heterocycles. The van der Waals surface area contributed by atoms with Crippen molar-refractivity contribution >= 4 is 17.8 Å². The maximum Gasteiger partial charge on any atom is 0.315 e. The first-order chi connectivity index (χ1) is 8.44. The molecule has 0 unspecified atom stereocenters. The Morgan fingerprint density at radius 3 is 2.78 bits per heavy atom. The lowest BCUT2D eigenvalue weighted by molar-refractivity contribution is 0.239. The molecule has 0 aromatic carbocycles. The first-order valence-corrected chi connectivity index (χ1v) is 7.14. The van der Waals surface area contributed by atoms with Gasteiger partial charge in [-0.3, -0.25) is 4.98 Å². The average molecular weight is 267 g/mol. The molecule has 1 heterocycles. The third-order valence-corrected chi connectivity index (χ3v) is 4.01. The Morgan fingerprint density at radius 1 is 1.44 bits per heavy atom. The van der Waals surface area contributed by atoms with Crippen molar-refractivity contribution < 1.29 is 4.79 Å². The summed E-state index contributed by atoms with van der Waals surface area (Å²) < 4.78 is 0.0538. The van der Waals surface area contributed by atoms with Crippen LogP contribution in [0.2, 0.25) is 0 Å². The number of carbonyl (C=O) groups is 1. The molecular formula is C13H21N3OS. The zero-order valence-corrected chi connectivity index (χ0v) is 12.2. The van der Waals surface area contributed by atoms with E-state index in [1.54, 1.807) is 18.0 Å². The van der Waals surface area contributed by atoms with Crippen LogP contribution in [0.1, 0.15) is 25.1 Å². The summed E-state index contributed by atoms with van der Waals surface area (Å²) in [6, 6.07) is 3.72. The summed E-state index contributed by atoms with van der Waals surface area (Å²) in [6.45, 7) is 7.28. The summed E-state index contributed by atoms with van der Waals surface area (Å²) in [7, 11) is 0. The van der Waals surface area contributed by atoms with Crippen LogP contribution in [-0.2, 0) is 6.54 Å². The number of urea groups is 1. The summed E-state index contributed by atoms with van der Waals surface area (Å²) >= 11 is 1.73. The fourth-order valence-electron chi connectivity index (χ4n) is 1.30. The molecule has 1 aromatic rings. The third-order valence-electron chi connectivity index (χ3n) is 2.76. The summed E-state index contributed by atoms with van der Waals surface area (Å²) in [4.78, 5) is 15.9. The highest BCUT2D eigenvalue weighted by Gasteiger charge is 2.16. The minimum atomic E-state index is -0.151. The van der Waals surface area contributed by atoms with E-state index < -0.39 is 0 Å². The van der Waals surface area contributed by atoms with Gasteiger partial charge in [0.05, 0.1) is 12.2 Å². The average Bonchev–Trinajstić information content (AvgIpc) is 2.35. The van der Waals surface area contributed by atoms with Gasteiger partial charge in [-0.2, -0.15) is 11.8 Å². The third kappa shape index (κ3) is 4.96. The van der Waals surface area contributed by atoms with Gasteiger partial charge in [0.2, 0.25) is 0 Å². The van der Waals surface area contributed by atoms with Gasteiger partial charge in [0, 0.05) is 17.5 Å². The number of hydrogen-bond acceptors (Lipinski definition) is 3. The molecule has 0 aliphatic rings. The smallest absolute Gasteiger partial charge is 0.315 e. The number of thioether (sulfide) groups is 1. The molecule has 0 radical (unpaired) electrons. The van der Waals surface area contributed by atoms with E-state index in [-0.39, 0.29) is 10.8 Å². The van der Waals surface area contributed by atoms with E-state index in [1.165, 1.54) is 0 Å². The van der Waals surface area contributed by atoms with Gasteiger partial charge in [0.15, 0.2) is 0 Å². The molecule has 1 aromatic heterocycles. The molecule has 2 amide bonds. The number of aryl methyl sites for hydroxylation is 1. The molecule has 1 rings (SSSR count). The van der Waals surface area contributed by atoms with Crippen LogP contribution in [0.15, 0.2) is 18.3 Å². The maximum absolute atomic E-state index is 11.6. The maximum atomic E-state index is 11.6. The topological polar surface area (TPSA) is 54.0 Å². The Kier molecular flexibility index (Phi) is 5.47. The molecule has 100 valence electrons. The molecule has 2 N–H and O–H groups in total. The summed E-state index contributed by atoms with van der Waals surface area (Å²) in [5.41, 5.74) is 1.99. The van der Waals surface area contributed by atoms with Crippen molar-refractivity contribution in [3.63, 3.8) is 0 Å². The van der Waals surface area contributed by atoms with Gasteiger partial charge >= 0.3 is 6.03 Å². The molecule has 5 heteroatoms. The number of nitrogens with zero attached hydrogens (tertiary/aromatic N) is 1. The van der Waals surface area contributed by atoms with Gasteiger partial charge in [-0.05, 0) is 38.7 Å². The number of pyridine rings is 1. The van der Waals surface area contributed by atoms with E-state index in [0.29, 0.717) is 13.1 Å². The first kappa shape index (κ1) is 14.8.